The van der Waals surface area contributed by atoms with E-state index in [0.717, 1.165) is 29.5 Å². The molecular formula is C21H16F4N4O. The number of allylic oxidation sites excluding steroid dienone is 4. The average molecular weight is 416 g/mol. The Bertz CT molecular complexity index is 1160. The van der Waals surface area contributed by atoms with Crippen molar-refractivity contribution in [1.29, 1.82) is 0 Å². The predicted octanol–water partition coefficient (Wildman–Crippen LogP) is 3.81. The molecule has 30 heavy (non-hydrogen) atoms. The van der Waals surface area contributed by atoms with E-state index in [4.69, 9.17) is 0 Å². The summed E-state index contributed by atoms with van der Waals surface area (Å²) in [4.78, 5) is 17.4. The van der Waals surface area contributed by atoms with Gasteiger partial charge in [-0.2, -0.15) is 18.3 Å². The van der Waals surface area contributed by atoms with Crippen molar-refractivity contribution >= 4 is 17.6 Å². The molecule has 1 aliphatic heterocycles. The van der Waals surface area contributed by atoms with Gasteiger partial charge < -0.3 is 5.32 Å². The topological polar surface area (TPSA) is 59.8 Å². The molecule has 2 aliphatic carbocycles. The van der Waals surface area contributed by atoms with Gasteiger partial charge in [-0.1, -0.05) is 5.57 Å². The van der Waals surface area contributed by atoms with Crippen LogP contribution in [0.1, 0.15) is 33.7 Å². The van der Waals surface area contributed by atoms with Crippen LogP contribution >= 0.6 is 0 Å². The summed E-state index contributed by atoms with van der Waals surface area (Å²) in [6.07, 6.45) is 3.62. The highest BCUT2D eigenvalue weighted by atomic mass is 19.4. The Morgan fingerprint density at radius 2 is 2.10 bits per heavy atom. The highest BCUT2D eigenvalue weighted by Crippen LogP contribution is 2.45. The third-order valence-electron chi connectivity index (χ3n) is 5.92. The molecule has 0 unspecified atom stereocenters. The number of alkyl halides is 3. The zero-order valence-corrected chi connectivity index (χ0v) is 15.6. The number of hydrogen-bond donors (Lipinski definition) is 1. The Morgan fingerprint density at radius 3 is 2.80 bits per heavy atom. The van der Waals surface area contributed by atoms with Crippen molar-refractivity contribution in [2.75, 3.05) is 13.1 Å². The zero-order chi connectivity index (χ0) is 21.1. The summed E-state index contributed by atoms with van der Waals surface area (Å²) in [5, 5.41) is 7.46. The minimum Gasteiger partial charge on any atom is -0.315 e. The van der Waals surface area contributed by atoms with Crippen LogP contribution in [0, 0.1) is 5.41 Å². The number of nitrogens with zero attached hydrogens (tertiary/aromatic N) is 3. The Morgan fingerprint density at radius 1 is 1.27 bits per heavy atom. The van der Waals surface area contributed by atoms with Gasteiger partial charge in [0.15, 0.2) is 5.78 Å². The molecule has 0 saturated carbocycles. The summed E-state index contributed by atoms with van der Waals surface area (Å²) in [5.74, 6) is -0.829. The molecule has 1 fully saturated rings. The Kier molecular flexibility index (Phi) is 4.08. The lowest BCUT2D eigenvalue weighted by atomic mass is 9.65. The number of pyridine rings is 1. The van der Waals surface area contributed by atoms with E-state index in [0.29, 0.717) is 24.4 Å². The third kappa shape index (κ3) is 2.76. The van der Waals surface area contributed by atoms with E-state index >= 15 is 0 Å². The van der Waals surface area contributed by atoms with Crippen LogP contribution in [-0.2, 0) is 12.6 Å². The maximum atomic E-state index is 13.8. The third-order valence-corrected chi connectivity index (χ3v) is 5.92. The summed E-state index contributed by atoms with van der Waals surface area (Å²) in [6.45, 7) is 0.925. The lowest BCUT2D eigenvalue weighted by molar-refractivity contribution is -0.137. The van der Waals surface area contributed by atoms with Crippen LogP contribution in [0.5, 0.6) is 0 Å². The predicted molar refractivity (Wildman–Crippen MR) is 101 cm³/mol. The summed E-state index contributed by atoms with van der Waals surface area (Å²) < 4.78 is 54.7. The lowest BCUT2D eigenvalue weighted by Gasteiger charge is -2.41. The molecule has 5 nitrogen and oxygen atoms in total. The number of hydrogen-bond acceptors (Lipinski definition) is 4. The van der Waals surface area contributed by atoms with Gasteiger partial charge in [-0.05, 0) is 55.3 Å². The van der Waals surface area contributed by atoms with Crippen LogP contribution in [0.4, 0.5) is 17.6 Å². The number of carbonyl (C=O) groups is 1. The second-order valence-electron chi connectivity index (χ2n) is 7.65. The highest BCUT2D eigenvalue weighted by Gasteiger charge is 2.47. The van der Waals surface area contributed by atoms with Crippen molar-refractivity contribution in [3.63, 3.8) is 0 Å². The van der Waals surface area contributed by atoms with Gasteiger partial charge in [-0.15, -0.1) is 0 Å². The molecule has 3 aliphatic rings. The molecule has 2 aromatic heterocycles. The van der Waals surface area contributed by atoms with Crippen molar-refractivity contribution in [3.05, 3.63) is 70.6 Å². The number of Topliss-reactive ketones (excluding diaryl/α,β-unsaturated/α-hetero) is 1. The Hall–Kier alpha value is -3.07. The van der Waals surface area contributed by atoms with Crippen molar-refractivity contribution in [1.82, 2.24) is 20.1 Å². The second-order valence-corrected chi connectivity index (χ2v) is 7.65. The zero-order valence-electron chi connectivity index (χ0n) is 15.6. The van der Waals surface area contributed by atoms with Gasteiger partial charge in [0.1, 0.15) is 17.2 Å². The fourth-order valence-electron chi connectivity index (χ4n) is 4.30. The molecule has 154 valence electrons. The molecule has 0 spiro atoms. The normalized spacial score (nSPS) is 22.9. The number of halogens is 4. The van der Waals surface area contributed by atoms with Crippen molar-refractivity contribution < 1.29 is 22.4 Å². The number of ketones is 1. The van der Waals surface area contributed by atoms with Gasteiger partial charge in [0.25, 0.3) is 0 Å². The first kappa shape index (κ1) is 18.9. The number of piperidine rings is 1. The molecule has 0 radical (unpaired) electrons. The van der Waals surface area contributed by atoms with Gasteiger partial charge in [0, 0.05) is 12.7 Å². The molecule has 0 aromatic carbocycles. The van der Waals surface area contributed by atoms with E-state index in [9.17, 15) is 22.4 Å². The number of carbonyl (C=O) groups excluding carboxylic acids is 1. The largest absolute Gasteiger partial charge is 0.416 e. The van der Waals surface area contributed by atoms with Gasteiger partial charge in [0.2, 0.25) is 0 Å². The SMILES string of the molecule is O=C(c1cc(C(F)(F)F)ccn1)[C@@]12CNCCC1=Cc1c(cnn1C1=CC=C1F)C2. The van der Waals surface area contributed by atoms with E-state index in [2.05, 4.69) is 15.4 Å². The first-order valence-electron chi connectivity index (χ1n) is 9.44. The molecular weight excluding hydrogens is 400 g/mol. The van der Waals surface area contributed by atoms with Crippen molar-refractivity contribution in [2.24, 2.45) is 5.41 Å². The summed E-state index contributed by atoms with van der Waals surface area (Å²) >= 11 is 0. The Balaban J connectivity index is 1.57. The summed E-state index contributed by atoms with van der Waals surface area (Å²) in [6, 6.07) is 1.66. The minimum atomic E-state index is -4.56. The second kappa shape index (κ2) is 6.46. The average Bonchev–Trinajstić information content (AvgIpc) is 3.11. The van der Waals surface area contributed by atoms with Gasteiger partial charge >= 0.3 is 6.18 Å². The van der Waals surface area contributed by atoms with E-state index in [-0.39, 0.29) is 24.5 Å². The number of rotatable bonds is 3. The minimum absolute atomic E-state index is 0.217. The van der Waals surface area contributed by atoms with E-state index < -0.39 is 22.9 Å². The fraction of sp³-hybridized carbons (Fsp3) is 0.286. The van der Waals surface area contributed by atoms with Crippen LogP contribution in [-0.4, -0.2) is 33.6 Å². The van der Waals surface area contributed by atoms with Gasteiger partial charge in [0.05, 0.1) is 22.9 Å². The van der Waals surface area contributed by atoms with E-state index in [1.807, 2.05) is 6.08 Å². The smallest absolute Gasteiger partial charge is 0.315 e. The van der Waals surface area contributed by atoms with E-state index in [1.165, 1.54) is 10.8 Å². The van der Waals surface area contributed by atoms with Gasteiger partial charge in [-0.25, -0.2) is 9.07 Å². The molecule has 5 rings (SSSR count). The first-order valence-corrected chi connectivity index (χ1v) is 9.44. The summed E-state index contributed by atoms with van der Waals surface area (Å²) in [7, 11) is 0. The van der Waals surface area contributed by atoms with Crippen molar-refractivity contribution in [3.8, 4) is 0 Å². The monoisotopic (exact) mass is 416 g/mol. The summed E-state index contributed by atoms with van der Waals surface area (Å²) in [5.41, 5.74) is 0.411. The highest BCUT2D eigenvalue weighted by molar-refractivity contribution is 6.03. The quantitative estimate of drug-likeness (QED) is 0.611. The van der Waals surface area contributed by atoms with Crippen LogP contribution in [0.25, 0.3) is 11.8 Å². The lowest BCUT2D eigenvalue weighted by Crippen LogP contribution is -2.50. The number of fused-ring (bicyclic) bond motifs is 2. The molecule has 1 N–H and O–H groups in total. The number of nitrogens with one attached hydrogen (secondary N) is 1. The van der Waals surface area contributed by atoms with Crippen molar-refractivity contribution in [2.45, 2.75) is 19.0 Å². The maximum Gasteiger partial charge on any atom is 0.416 e. The molecule has 1 saturated heterocycles. The molecule has 1 atom stereocenters. The fourth-order valence-corrected chi connectivity index (χ4v) is 4.30. The number of aromatic nitrogens is 3. The van der Waals surface area contributed by atoms with Crippen LogP contribution in [0.2, 0.25) is 0 Å². The van der Waals surface area contributed by atoms with Crippen LogP contribution in [0.3, 0.4) is 0 Å². The molecule has 3 heterocycles. The van der Waals surface area contributed by atoms with Crippen LogP contribution in [0.15, 0.2) is 48.1 Å². The maximum absolute atomic E-state index is 13.8. The molecule has 0 bridgehead atoms. The molecule has 0 amide bonds. The first-order chi connectivity index (χ1) is 14.3. The van der Waals surface area contributed by atoms with Crippen LogP contribution < -0.4 is 5.32 Å². The van der Waals surface area contributed by atoms with Gasteiger partial charge in [-0.3, -0.25) is 9.78 Å². The van der Waals surface area contributed by atoms with E-state index in [1.54, 1.807) is 12.3 Å². The standard InChI is InChI=1S/C21H16F4N4O/c22-15-1-2-17(15)29-18-8-13-3-5-26-11-20(13,9-12(18)10-28-29)19(30)16-7-14(4-6-27-16)21(23,24)25/h1-2,4,6-8,10,26H,3,5,9,11H2/t20-/m0/s1. The molecule has 2 aromatic rings. The molecule has 9 heteroatoms. The Labute approximate surface area is 168 Å².